The number of aromatic nitrogens is 3. The van der Waals surface area contributed by atoms with Crippen LogP contribution in [0.1, 0.15) is 64.8 Å². The molecule has 0 bridgehead atoms. The SMILES string of the molecule is CC(=O)N1CCN(c2nc(NCCC(=O)N(C)CCOCCOCC(=O)N[C@H](C(=O)N3C[C@H](O)C[C@H]3C(=O)N[C@@H](C)c3ccc(-c4scnc4C)cc3)C(C)(C)C)nc3c(F)c(-c4cc(O)cc5ccccc45)c(Cl)cc23)CC1. The maximum absolute atomic E-state index is 17.0. The van der Waals surface area contributed by atoms with E-state index < -0.39 is 47.1 Å². The van der Waals surface area contributed by atoms with Crippen molar-refractivity contribution in [1.29, 1.82) is 0 Å². The van der Waals surface area contributed by atoms with Gasteiger partial charge in [-0.15, -0.1) is 11.3 Å². The van der Waals surface area contributed by atoms with Gasteiger partial charge < -0.3 is 55.2 Å². The van der Waals surface area contributed by atoms with E-state index in [2.05, 4.69) is 25.9 Å². The van der Waals surface area contributed by atoms with E-state index in [-0.39, 0.29) is 105 Å². The summed E-state index contributed by atoms with van der Waals surface area (Å²) in [5, 5.41) is 32.0. The number of thiazole rings is 1. The number of aliphatic hydroxyl groups is 1. The number of aryl methyl sites for hydroxylation is 1. The lowest BCUT2D eigenvalue weighted by Crippen LogP contribution is -2.58. The molecule has 2 fully saturated rings. The first-order valence-electron chi connectivity index (χ1n) is 26.3. The highest BCUT2D eigenvalue weighted by Gasteiger charge is 2.45. The van der Waals surface area contributed by atoms with Crippen LogP contribution in [0.3, 0.4) is 0 Å². The number of hydrogen-bond acceptors (Lipinski definition) is 15. The van der Waals surface area contributed by atoms with E-state index in [1.807, 2.05) is 67.3 Å². The van der Waals surface area contributed by atoms with Crippen LogP contribution in [-0.2, 0) is 33.4 Å². The molecule has 0 aliphatic carbocycles. The number of likely N-dealkylation sites (tertiary alicyclic amines) is 1. The Morgan fingerprint density at radius 1 is 0.949 bits per heavy atom. The normalized spacial score (nSPS) is 16.5. The van der Waals surface area contributed by atoms with E-state index >= 15 is 4.39 Å². The molecule has 0 radical (unpaired) electrons. The Hall–Kier alpha value is -7.04. The predicted octanol–water partition coefficient (Wildman–Crippen LogP) is 6.71. The Labute approximate surface area is 467 Å². The molecule has 2 aromatic heterocycles. The lowest BCUT2D eigenvalue weighted by atomic mass is 9.85. The summed E-state index contributed by atoms with van der Waals surface area (Å²) in [4.78, 5) is 87.7. The highest BCUT2D eigenvalue weighted by atomic mass is 35.5. The van der Waals surface area contributed by atoms with Gasteiger partial charge >= 0.3 is 0 Å². The summed E-state index contributed by atoms with van der Waals surface area (Å²) in [6.07, 6.45) is -0.824. The quantitative estimate of drug-likeness (QED) is 0.0501. The molecule has 4 atom stereocenters. The van der Waals surface area contributed by atoms with Gasteiger partial charge in [-0.3, -0.25) is 24.0 Å². The van der Waals surface area contributed by atoms with Gasteiger partial charge in [0.05, 0.1) is 53.1 Å². The average molecular weight is 1120 g/mol. The Morgan fingerprint density at radius 3 is 2.37 bits per heavy atom. The molecule has 5 N–H and O–H groups in total. The summed E-state index contributed by atoms with van der Waals surface area (Å²) in [6.45, 7) is 12.8. The number of amides is 5. The molecule has 4 heterocycles. The van der Waals surface area contributed by atoms with Gasteiger partial charge in [0.1, 0.15) is 35.8 Å². The highest BCUT2D eigenvalue weighted by molar-refractivity contribution is 7.13. The van der Waals surface area contributed by atoms with Crippen molar-refractivity contribution in [1.82, 2.24) is 40.3 Å². The number of β-amino-alcohol motifs (C(OH)–C–C–N with tert-alkyl or cyclic N) is 1. The minimum atomic E-state index is -1.03. The first kappa shape index (κ1) is 58.1. The van der Waals surface area contributed by atoms with Gasteiger partial charge in [-0.25, -0.2) is 14.4 Å². The van der Waals surface area contributed by atoms with Gasteiger partial charge in [-0.05, 0) is 64.9 Å². The van der Waals surface area contributed by atoms with Crippen LogP contribution in [0.15, 0.2) is 72.2 Å². The van der Waals surface area contributed by atoms with E-state index in [0.29, 0.717) is 53.7 Å². The van der Waals surface area contributed by atoms with Crippen LogP contribution in [0.25, 0.3) is 43.2 Å². The van der Waals surface area contributed by atoms with Crippen molar-refractivity contribution in [2.75, 3.05) is 89.5 Å². The fourth-order valence-corrected chi connectivity index (χ4v) is 11.0. The second-order valence-electron chi connectivity index (χ2n) is 21.1. The average Bonchev–Trinajstić information content (AvgIpc) is 4.11. The smallest absolute Gasteiger partial charge is 0.246 e. The number of rotatable bonds is 20. The third-order valence-electron chi connectivity index (χ3n) is 14.3. The Balaban J connectivity index is 0.798. The molecule has 2 saturated heterocycles. The summed E-state index contributed by atoms with van der Waals surface area (Å²) < 4.78 is 28.3. The molecule has 420 valence electrons. The van der Waals surface area contributed by atoms with E-state index in [4.69, 9.17) is 26.1 Å². The zero-order valence-corrected chi connectivity index (χ0v) is 47.0. The fraction of sp³-hybridized carbons (Fsp3) is 0.439. The molecule has 0 saturated carbocycles. The number of hydrogen-bond donors (Lipinski definition) is 5. The number of aliphatic hydroxyl groups excluding tert-OH is 1. The minimum Gasteiger partial charge on any atom is -0.508 e. The van der Waals surface area contributed by atoms with Gasteiger partial charge in [0.25, 0.3) is 0 Å². The molecule has 8 rings (SSSR count). The topological polar surface area (TPSA) is 232 Å². The van der Waals surface area contributed by atoms with Crippen molar-refractivity contribution in [2.45, 2.75) is 78.6 Å². The van der Waals surface area contributed by atoms with Crippen molar-refractivity contribution in [3.63, 3.8) is 0 Å². The Bertz CT molecular complexity index is 3210. The number of nitrogens with one attached hydrogen (secondary N) is 3. The summed E-state index contributed by atoms with van der Waals surface area (Å²) in [5.74, 6) is -1.95. The number of carbonyl (C=O) groups excluding carboxylic acids is 5. The molecule has 22 heteroatoms. The highest BCUT2D eigenvalue weighted by Crippen LogP contribution is 2.42. The first-order chi connectivity index (χ1) is 37.7. The van der Waals surface area contributed by atoms with Gasteiger partial charge in [-0.1, -0.05) is 80.9 Å². The lowest BCUT2D eigenvalue weighted by Gasteiger charge is -2.35. The summed E-state index contributed by atoms with van der Waals surface area (Å²) >= 11 is 8.43. The number of piperazine rings is 1. The number of benzene rings is 4. The van der Waals surface area contributed by atoms with Crippen molar-refractivity contribution >= 4 is 85.9 Å². The number of anilines is 2. The summed E-state index contributed by atoms with van der Waals surface area (Å²) in [7, 11) is 1.64. The van der Waals surface area contributed by atoms with Crippen molar-refractivity contribution in [3.05, 3.63) is 94.3 Å². The van der Waals surface area contributed by atoms with Gasteiger partial charge in [0, 0.05) is 83.6 Å². The Kier molecular flexibility index (Phi) is 18.7. The number of ether oxygens (including phenoxy) is 2. The van der Waals surface area contributed by atoms with Crippen molar-refractivity contribution < 1.29 is 48.0 Å². The van der Waals surface area contributed by atoms with Crippen LogP contribution in [0.5, 0.6) is 5.75 Å². The van der Waals surface area contributed by atoms with Crippen LogP contribution in [0, 0.1) is 18.2 Å². The largest absolute Gasteiger partial charge is 0.508 e. The number of carbonyl (C=O) groups is 5. The number of fused-ring (bicyclic) bond motifs is 2. The molecule has 0 unspecified atom stereocenters. The summed E-state index contributed by atoms with van der Waals surface area (Å²) in [6, 6.07) is 17.5. The number of phenolic OH excluding ortho intramolecular Hbond substituents is 1. The maximum atomic E-state index is 17.0. The number of nitrogens with zero attached hydrogens (tertiary/aromatic N) is 7. The first-order valence-corrected chi connectivity index (χ1v) is 27.6. The van der Waals surface area contributed by atoms with E-state index in [0.717, 1.165) is 21.7 Å². The zero-order chi connectivity index (χ0) is 56.7. The molecule has 2 aliphatic rings. The molecule has 6 aromatic rings. The predicted molar refractivity (Wildman–Crippen MR) is 302 cm³/mol. The molecule has 19 nitrogen and oxygen atoms in total. The van der Waals surface area contributed by atoms with Crippen LogP contribution < -0.4 is 20.9 Å². The number of likely N-dealkylation sites (N-methyl/N-ethyl adjacent to an activating group) is 1. The van der Waals surface area contributed by atoms with Crippen LogP contribution in [0.4, 0.5) is 16.2 Å². The van der Waals surface area contributed by atoms with Crippen LogP contribution >= 0.6 is 22.9 Å². The molecule has 2 aliphatic heterocycles. The second-order valence-corrected chi connectivity index (χ2v) is 22.3. The van der Waals surface area contributed by atoms with Crippen LogP contribution in [-0.4, -0.2) is 167 Å². The molecule has 79 heavy (non-hydrogen) atoms. The van der Waals surface area contributed by atoms with Gasteiger partial charge in [0.15, 0.2) is 5.82 Å². The van der Waals surface area contributed by atoms with E-state index in [1.165, 1.54) is 22.8 Å². The zero-order valence-electron chi connectivity index (χ0n) is 45.5. The molecular formula is C57H68ClFN10O9S. The molecular weight excluding hydrogens is 1060 g/mol. The third-order valence-corrected chi connectivity index (χ3v) is 15.6. The third kappa shape index (κ3) is 13.9. The van der Waals surface area contributed by atoms with Gasteiger partial charge in [0.2, 0.25) is 35.5 Å². The minimum absolute atomic E-state index is 0.00913. The van der Waals surface area contributed by atoms with E-state index in [9.17, 15) is 34.2 Å². The number of aromatic hydroxyl groups is 1. The monoisotopic (exact) mass is 1120 g/mol. The number of phenols is 1. The van der Waals surface area contributed by atoms with Gasteiger partial charge in [-0.2, -0.15) is 4.98 Å². The summed E-state index contributed by atoms with van der Waals surface area (Å²) in [5.41, 5.74) is 4.34. The maximum Gasteiger partial charge on any atom is 0.246 e. The standard InChI is InChI=1S/C57H68ClFN10O9S/c1-33(36-12-14-37(15-13-36)51-34(2)61-32-79-51)62-54(75)45-28-40(72)30-69(45)55(76)52(57(4,5)6)63-46(73)31-78-25-24-77-23-22-66(7)47(74)16-17-60-56-64-50-43(53(65-56)68-20-18-67(19-21-68)35(3)70)29-44(58)48(49(50)59)42-27-39(71)26-38-10-8-9-11-41(38)42/h8-15,26-27,29,32-33,40,45,52,71-72H,16-25,28,30-31H2,1-7H3,(H,62,75)(H,63,73)(H,60,64,65)/t33-,40+,45-,52+/m0/s1. The molecule has 0 spiro atoms. The number of halogens is 2. The fourth-order valence-electron chi connectivity index (χ4n) is 9.88. The van der Waals surface area contributed by atoms with E-state index in [1.54, 1.807) is 61.7 Å². The lowest BCUT2D eigenvalue weighted by molar-refractivity contribution is -0.144. The van der Waals surface area contributed by atoms with Crippen molar-refractivity contribution in [2.24, 2.45) is 5.41 Å². The molecule has 5 amide bonds. The van der Waals surface area contributed by atoms with Crippen LogP contribution in [0.2, 0.25) is 5.02 Å². The second kappa shape index (κ2) is 25.4. The van der Waals surface area contributed by atoms with Crippen molar-refractivity contribution in [3.8, 4) is 27.3 Å². The Morgan fingerprint density at radius 2 is 1.67 bits per heavy atom. The molecule has 4 aromatic carbocycles.